The van der Waals surface area contributed by atoms with E-state index >= 15 is 0 Å². The second-order valence-corrected chi connectivity index (χ2v) is 30.3. The Morgan fingerprint density at radius 3 is 1.50 bits per heavy atom. The van der Waals surface area contributed by atoms with Crippen LogP contribution in [0.15, 0.2) is 83.8 Å². The zero-order chi connectivity index (χ0) is 42.1. The van der Waals surface area contributed by atoms with E-state index in [9.17, 15) is 14.7 Å². The molecule has 0 aliphatic carbocycles. The van der Waals surface area contributed by atoms with E-state index in [4.69, 9.17) is 14.5 Å². The van der Waals surface area contributed by atoms with Gasteiger partial charge in [-0.05, 0) is 32.9 Å². The molecule has 2 N–H and O–H groups in total. The van der Waals surface area contributed by atoms with Gasteiger partial charge in [-0.1, -0.05) is 99.9 Å². The highest BCUT2D eigenvalue weighted by Gasteiger charge is 2.25. The van der Waals surface area contributed by atoms with Crippen LogP contribution in [0.2, 0.25) is 51.4 Å². The molecule has 0 spiro atoms. The van der Waals surface area contributed by atoms with Crippen molar-refractivity contribution in [3.05, 3.63) is 94.9 Å². The number of carbonyl (C=O) groups excluding carboxylic acids is 1. The number of carboxylic acid groups (broad SMARTS) is 1. The standard InChI is InChI=1S/C23H32N4O2SSi.C19H23N3O3SSi/c1-23(2,3)25-21(28)18-14-27(16-29-12-13-31(4,5)6)26-20(18)22-24-19(15-30-22)17-10-8-7-9-11-17;1-27(2,3)10-9-25-13-22-11-15(19(23)24)17(21-22)18-20-16(12-26-18)14-7-5-4-6-8-14/h7-11,14-15H,12-13,16H2,1-6H3,(H,25,28);4-8,11-12H,9-10,13H2,1-3H3,(H,23,24). The summed E-state index contributed by atoms with van der Waals surface area (Å²) in [7, 11) is -2.31. The number of ether oxygens (including phenoxy) is 2. The molecule has 58 heavy (non-hydrogen) atoms. The number of thiazole rings is 2. The van der Waals surface area contributed by atoms with Crippen molar-refractivity contribution in [2.45, 2.75) is 91.1 Å². The van der Waals surface area contributed by atoms with Crippen LogP contribution in [-0.4, -0.2) is 81.4 Å². The van der Waals surface area contributed by atoms with Crippen LogP contribution in [-0.2, 0) is 22.9 Å². The SMILES string of the molecule is CC(C)(C)NC(=O)c1cn(COCC[Si](C)(C)C)nc1-c1nc(-c2ccccc2)cs1.C[Si](C)(C)CCOCn1cc(C(=O)O)c(-c2nc(-c3ccccc3)cs2)n1. The molecule has 308 valence electrons. The quantitative estimate of drug-likeness (QED) is 0.0717. The molecule has 0 unspecified atom stereocenters. The summed E-state index contributed by atoms with van der Waals surface area (Å²) in [4.78, 5) is 34.0. The predicted octanol–water partition coefficient (Wildman–Crippen LogP) is 10.2. The summed E-state index contributed by atoms with van der Waals surface area (Å²) < 4.78 is 14.8. The molecule has 6 aromatic rings. The lowest BCUT2D eigenvalue weighted by atomic mass is 10.1. The van der Waals surface area contributed by atoms with Gasteiger partial charge in [0.2, 0.25) is 0 Å². The molecule has 1 amide bonds. The first-order chi connectivity index (χ1) is 27.3. The van der Waals surface area contributed by atoms with E-state index in [0.717, 1.165) is 39.6 Å². The number of hydrogen-bond donors (Lipinski definition) is 2. The van der Waals surface area contributed by atoms with Crippen molar-refractivity contribution in [1.29, 1.82) is 0 Å². The summed E-state index contributed by atoms with van der Waals surface area (Å²) >= 11 is 2.88. The van der Waals surface area contributed by atoms with Crippen molar-refractivity contribution < 1.29 is 24.2 Å². The molecule has 4 aromatic heterocycles. The normalized spacial score (nSPS) is 11.9. The van der Waals surface area contributed by atoms with E-state index in [0.29, 0.717) is 41.9 Å². The molecule has 4 heterocycles. The average Bonchev–Trinajstić information content (AvgIpc) is 3.97. The van der Waals surface area contributed by atoms with Crippen molar-refractivity contribution >= 4 is 50.7 Å². The minimum absolute atomic E-state index is 0.137. The highest BCUT2D eigenvalue weighted by atomic mass is 32.1. The van der Waals surface area contributed by atoms with Gasteiger partial charge in [-0.3, -0.25) is 4.79 Å². The van der Waals surface area contributed by atoms with Crippen molar-refractivity contribution in [3.8, 4) is 43.9 Å². The Morgan fingerprint density at radius 2 is 1.10 bits per heavy atom. The molecule has 0 atom stereocenters. The third kappa shape index (κ3) is 13.5. The maximum Gasteiger partial charge on any atom is 0.339 e. The molecular formula is C42H55N7O5S2Si2. The number of hydrogen-bond acceptors (Lipinski definition) is 10. The van der Waals surface area contributed by atoms with Crippen molar-refractivity contribution in [2.24, 2.45) is 0 Å². The van der Waals surface area contributed by atoms with E-state index in [1.807, 2.05) is 92.2 Å². The van der Waals surface area contributed by atoms with Gasteiger partial charge in [0.05, 0.1) is 17.0 Å². The van der Waals surface area contributed by atoms with Crippen LogP contribution < -0.4 is 5.32 Å². The van der Waals surface area contributed by atoms with Crippen LogP contribution in [0.1, 0.15) is 41.5 Å². The highest BCUT2D eigenvalue weighted by Crippen LogP contribution is 2.32. The molecular weight excluding hydrogens is 803 g/mol. The van der Waals surface area contributed by atoms with Crippen molar-refractivity contribution in [3.63, 3.8) is 0 Å². The number of rotatable bonds is 16. The first-order valence-corrected chi connectivity index (χ1v) is 28.4. The number of nitrogens with zero attached hydrogens (tertiary/aromatic N) is 6. The van der Waals surface area contributed by atoms with E-state index in [-0.39, 0.29) is 23.7 Å². The number of carboxylic acids is 1. The van der Waals surface area contributed by atoms with Gasteiger partial charge in [-0.2, -0.15) is 10.2 Å². The predicted molar refractivity (Wildman–Crippen MR) is 240 cm³/mol. The summed E-state index contributed by atoms with van der Waals surface area (Å²) in [6.07, 6.45) is 3.27. The topological polar surface area (TPSA) is 146 Å². The van der Waals surface area contributed by atoms with Crippen molar-refractivity contribution in [1.82, 2.24) is 34.8 Å². The summed E-state index contributed by atoms with van der Waals surface area (Å²) in [5.41, 5.74) is 4.99. The molecule has 0 radical (unpaired) electrons. The molecule has 6 rings (SSSR count). The fourth-order valence-electron chi connectivity index (χ4n) is 5.34. The molecule has 16 heteroatoms. The largest absolute Gasteiger partial charge is 0.478 e. The molecule has 0 aliphatic heterocycles. The fraction of sp³-hybridized carbons (Fsp3) is 0.381. The van der Waals surface area contributed by atoms with Gasteiger partial charge < -0.3 is 19.9 Å². The summed E-state index contributed by atoms with van der Waals surface area (Å²) in [6, 6.07) is 21.9. The van der Waals surface area contributed by atoms with Gasteiger partial charge in [-0.15, -0.1) is 22.7 Å². The van der Waals surface area contributed by atoms with E-state index in [1.54, 1.807) is 10.9 Å². The molecule has 0 fully saturated rings. The van der Waals surface area contributed by atoms with Gasteiger partial charge in [0.1, 0.15) is 40.4 Å². The molecule has 0 bridgehead atoms. The first-order valence-electron chi connectivity index (χ1n) is 19.2. The second-order valence-electron chi connectivity index (χ2n) is 17.4. The zero-order valence-corrected chi connectivity index (χ0v) is 38.5. The first kappa shape index (κ1) is 44.5. The monoisotopic (exact) mass is 857 g/mol. The Hall–Kier alpha value is -4.59. The Morgan fingerprint density at radius 1 is 0.690 bits per heavy atom. The van der Waals surface area contributed by atoms with E-state index < -0.39 is 22.1 Å². The molecule has 0 saturated heterocycles. The number of benzene rings is 2. The molecule has 0 saturated carbocycles. The van der Waals surface area contributed by atoms with Gasteiger partial charge in [-0.25, -0.2) is 24.1 Å². The zero-order valence-electron chi connectivity index (χ0n) is 34.9. The summed E-state index contributed by atoms with van der Waals surface area (Å²) in [6.45, 7) is 21.6. The van der Waals surface area contributed by atoms with Gasteiger partial charge in [0.25, 0.3) is 5.91 Å². The number of aromatic carboxylic acids is 1. The molecule has 12 nitrogen and oxygen atoms in total. The minimum Gasteiger partial charge on any atom is -0.478 e. The van der Waals surface area contributed by atoms with Gasteiger partial charge in [0, 0.05) is 69.2 Å². The van der Waals surface area contributed by atoms with Gasteiger partial charge in [0.15, 0.2) is 0 Å². The lowest BCUT2D eigenvalue weighted by molar-refractivity contribution is 0.0693. The van der Waals surface area contributed by atoms with Gasteiger partial charge >= 0.3 is 5.97 Å². The van der Waals surface area contributed by atoms with Crippen LogP contribution in [0.3, 0.4) is 0 Å². The third-order valence-corrected chi connectivity index (χ3v) is 13.6. The van der Waals surface area contributed by atoms with E-state index in [2.05, 4.69) is 59.8 Å². The van der Waals surface area contributed by atoms with Crippen LogP contribution >= 0.6 is 22.7 Å². The molecule has 0 aliphatic rings. The van der Waals surface area contributed by atoms with Crippen LogP contribution in [0.25, 0.3) is 43.9 Å². The Kier molecular flexibility index (Phi) is 14.9. The third-order valence-electron chi connectivity index (χ3n) is 8.48. The second kappa shape index (κ2) is 19.4. The minimum atomic E-state index is -1.16. The maximum absolute atomic E-state index is 13.0. The smallest absolute Gasteiger partial charge is 0.339 e. The number of nitrogens with one attached hydrogen (secondary N) is 1. The van der Waals surface area contributed by atoms with Crippen molar-refractivity contribution in [2.75, 3.05) is 13.2 Å². The van der Waals surface area contributed by atoms with Crippen LogP contribution in [0, 0.1) is 0 Å². The maximum atomic E-state index is 13.0. The average molecular weight is 858 g/mol. The van der Waals surface area contributed by atoms with Crippen LogP contribution in [0.4, 0.5) is 0 Å². The number of carbonyl (C=O) groups is 2. The van der Waals surface area contributed by atoms with E-state index in [1.165, 1.54) is 33.6 Å². The molecule has 2 aromatic carbocycles. The lowest BCUT2D eigenvalue weighted by Crippen LogP contribution is -2.40. The summed E-state index contributed by atoms with van der Waals surface area (Å²) in [5, 5.41) is 26.9. The van der Waals surface area contributed by atoms with Crippen LogP contribution in [0.5, 0.6) is 0 Å². The Labute approximate surface area is 351 Å². The Balaban J connectivity index is 0.000000223. The Bertz CT molecular complexity index is 2250. The number of amides is 1. The lowest BCUT2D eigenvalue weighted by Gasteiger charge is -2.20. The highest BCUT2D eigenvalue weighted by molar-refractivity contribution is 7.13. The fourth-order valence-corrected chi connectivity index (χ4v) is 8.51. The summed E-state index contributed by atoms with van der Waals surface area (Å²) in [5.74, 6) is -1.18. The number of aromatic nitrogens is 6.